The number of hydrogen-bond acceptors (Lipinski definition) is 4. The number of amides is 1. The van der Waals surface area contributed by atoms with E-state index in [-0.39, 0.29) is 11.4 Å². The van der Waals surface area contributed by atoms with Gasteiger partial charge in [0.25, 0.3) is 5.91 Å². The van der Waals surface area contributed by atoms with Crippen LogP contribution in [-0.2, 0) is 4.74 Å². The maximum absolute atomic E-state index is 12.3. The second-order valence-electron chi connectivity index (χ2n) is 6.28. The minimum atomic E-state index is -0.0705. The van der Waals surface area contributed by atoms with E-state index in [4.69, 9.17) is 4.74 Å². The molecule has 3 rings (SSSR count). The van der Waals surface area contributed by atoms with Crippen LogP contribution in [0.25, 0.3) is 0 Å². The fourth-order valence-electron chi connectivity index (χ4n) is 3.68. The molecule has 1 aliphatic heterocycles. The van der Waals surface area contributed by atoms with Crippen LogP contribution >= 0.6 is 0 Å². The first-order valence-electron chi connectivity index (χ1n) is 8.32. The molecular weight excluding hydrogens is 278 g/mol. The fraction of sp³-hybridized carbons (Fsp3) is 0.647. The quantitative estimate of drug-likeness (QED) is 0.922. The lowest BCUT2D eigenvalue weighted by atomic mass is 9.79. The summed E-state index contributed by atoms with van der Waals surface area (Å²) in [5.41, 5.74) is 0.599. The molecule has 5 heteroatoms. The Morgan fingerprint density at radius 2 is 2.00 bits per heavy atom. The zero-order valence-electron chi connectivity index (χ0n) is 13.1. The second kappa shape index (κ2) is 7.20. The first kappa shape index (κ1) is 15.4. The first-order valence-corrected chi connectivity index (χ1v) is 8.32. The van der Waals surface area contributed by atoms with Gasteiger partial charge in [-0.2, -0.15) is 0 Å². The summed E-state index contributed by atoms with van der Waals surface area (Å²) >= 11 is 0. The van der Waals surface area contributed by atoms with Gasteiger partial charge in [-0.15, -0.1) is 0 Å². The van der Waals surface area contributed by atoms with Gasteiger partial charge in [0.05, 0.1) is 13.2 Å². The summed E-state index contributed by atoms with van der Waals surface area (Å²) in [6, 6.07) is 5.44. The molecule has 120 valence electrons. The van der Waals surface area contributed by atoms with Crippen LogP contribution in [0.2, 0.25) is 0 Å². The van der Waals surface area contributed by atoms with Gasteiger partial charge >= 0.3 is 0 Å². The summed E-state index contributed by atoms with van der Waals surface area (Å²) < 4.78 is 5.49. The van der Waals surface area contributed by atoms with Gasteiger partial charge < -0.3 is 10.1 Å². The summed E-state index contributed by atoms with van der Waals surface area (Å²) in [6.07, 6.45) is 7.78. The molecule has 1 aromatic rings. The Bertz CT molecular complexity index is 480. The Morgan fingerprint density at radius 3 is 2.68 bits per heavy atom. The van der Waals surface area contributed by atoms with E-state index in [1.807, 2.05) is 12.1 Å². The number of nitrogens with one attached hydrogen (secondary N) is 1. The van der Waals surface area contributed by atoms with Crippen molar-refractivity contribution in [3.63, 3.8) is 0 Å². The van der Waals surface area contributed by atoms with Crippen LogP contribution in [0, 0.1) is 0 Å². The topological polar surface area (TPSA) is 54.5 Å². The molecule has 1 saturated heterocycles. The zero-order chi connectivity index (χ0) is 15.3. The predicted octanol–water partition coefficient (Wildman–Crippen LogP) is 1.85. The average molecular weight is 303 g/mol. The molecule has 22 heavy (non-hydrogen) atoms. The van der Waals surface area contributed by atoms with Crippen molar-refractivity contribution < 1.29 is 9.53 Å². The third-order valence-corrected chi connectivity index (χ3v) is 4.94. The molecule has 0 unspecified atom stereocenters. The normalized spacial score (nSPS) is 22.2. The second-order valence-corrected chi connectivity index (χ2v) is 6.28. The summed E-state index contributed by atoms with van der Waals surface area (Å²) in [5.74, 6) is -0.0705. The highest BCUT2D eigenvalue weighted by Gasteiger charge is 2.38. The van der Waals surface area contributed by atoms with Crippen molar-refractivity contribution in [3.05, 3.63) is 30.1 Å². The summed E-state index contributed by atoms with van der Waals surface area (Å²) in [4.78, 5) is 19.0. The molecule has 0 bridgehead atoms. The van der Waals surface area contributed by atoms with Gasteiger partial charge in [-0.25, -0.2) is 0 Å². The van der Waals surface area contributed by atoms with E-state index in [0.29, 0.717) is 12.2 Å². The highest BCUT2D eigenvalue weighted by molar-refractivity contribution is 5.92. The van der Waals surface area contributed by atoms with Gasteiger partial charge in [-0.1, -0.05) is 25.3 Å². The molecule has 1 amide bonds. The van der Waals surface area contributed by atoms with Crippen molar-refractivity contribution in [2.45, 2.75) is 37.6 Å². The number of rotatable bonds is 4. The molecule has 0 aromatic carbocycles. The monoisotopic (exact) mass is 303 g/mol. The Hall–Kier alpha value is -1.46. The molecule has 1 saturated carbocycles. The average Bonchev–Trinajstić information content (AvgIpc) is 2.62. The number of aromatic nitrogens is 1. The van der Waals surface area contributed by atoms with E-state index >= 15 is 0 Å². The third kappa shape index (κ3) is 3.47. The molecule has 1 N–H and O–H groups in total. The zero-order valence-corrected chi connectivity index (χ0v) is 13.1. The largest absolute Gasteiger partial charge is 0.379 e. The molecule has 0 radical (unpaired) electrons. The highest BCUT2D eigenvalue weighted by Crippen LogP contribution is 2.33. The van der Waals surface area contributed by atoms with Crippen LogP contribution in [0.15, 0.2) is 24.4 Å². The van der Waals surface area contributed by atoms with Gasteiger partial charge in [0.15, 0.2) is 0 Å². The lowest BCUT2D eigenvalue weighted by Crippen LogP contribution is -2.59. The van der Waals surface area contributed by atoms with Crippen LogP contribution in [0.3, 0.4) is 0 Å². The van der Waals surface area contributed by atoms with Crippen molar-refractivity contribution in [1.82, 2.24) is 15.2 Å². The molecule has 5 nitrogen and oxygen atoms in total. The van der Waals surface area contributed by atoms with Crippen LogP contribution in [0.1, 0.15) is 42.6 Å². The van der Waals surface area contributed by atoms with E-state index in [1.54, 1.807) is 12.3 Å². The molecule has 2 heterocycles. The molecule has 0 atom stereocenters. The smallest absolute Gasteiger partial charge is 0.269 e. The summed E-state index contributed by atoms with van der Waals surface area (Å²) in [7, 11) is 0. The number of pyridine rings is 1. The van der Waals surface area contributed by atoms with Crippen molar-refractivity contribution in [3.8, 4) is 0 Å². The molecule has 1 aliphatic carbocycles. The number of ether oxygens (including phenoxy) is 1. The minimum absolute atomic E-state index is 0.0705. The number of carbonyl (C=O) groups is 1. The molecule has 0 spiro atoms. The Labute approximate surface area is 132 Å². The van der Waals surface area contributed by atoms with Crippen molar-refractivity contribution in [2.75, 3.05) is 32.8 Å². The maximum atomic E-state index is 12.3. The first-order chi connectivity index (χ1) is 10.8. The lowest BCUT2D eigenvalue weighted by molar-refractivity contribution is -0.0361. The fourth-order valence-corrected chi connectivity index (χ4v) is 3.68. The van der Waals surface area contributed by atoms with E-state index in [1.165, 1.54) is 19.3 Å². The maximum Gasteiger partial charge on any atom is 0.269 e. The minimum Gasteiger partial charge on any atom is -0.379 e. The van der Waals surface area contributed by atoms with E-state index < -0.39 is 0 Å². The summed E-state index contributed by atoms with van der Waals surface area (Å²) in [5, 5.41) is 3.12. The Morgan fingerprint density at radius 1 is 1.23 bits per heavy atom. The van der Waals surface area contributed by atoms with Crippen molar-refractivity contribution >= 4 is 5.91 Å². The third-order valence-electron chi connectivity index (χ3n) is 4.94. The van der Waals surface area contributed by atoms with Gasteiger partial charge in [-0.3, -0.25) is 14.7 Å². The molecule has 2 fully saturated rings. The number of hydrogen-bond donors (Lipinski definition) is 1. The standard InChI is InChI=1S/C17H25N3O2/c21-16(15-6-2-5-9-18-15)19-14-17(7-3-1-4-8-17)20-10-12-22-13-11-20/h2,5-6,9H,1,3-4,7-8,10-14H2,(H,19,21). The van der Waals surface area contributed by atoms with Crippen LogP contribution < -0.4 is 5.32 Å². The number of carbonyl (C=O) groups excluding carboxylic acids is 1. The van der Waals surface area contributed by atoms with Crippen molar-refractivity contribution in [2.24, 2.45) is 0 Å². The Kier molecular flexibility index (Phi) is 5.05. The van der Waals surface area contributed by atoms with E-state index in [2.05, 4.69) is 15.2 Å². The Balaban J connectivity index is 1.66. The summed E-state index contributed by atoms with van der Waals surface area (Å²) in [6.45, 7) is 4.26. The van der Waals surface area contributed by atoms with Gasteiger partial charge in [0.1, 0.15) is 5.69 Å². The van der Waals surface area contributed by atoms with Crippen LogP contribution in [-0.4, -0.2) is 54.2 Å². The van der Waals surface area contributed by atoms with Crippen LogP contribution in [0.4, 0.5) is 0 Å². The van der Waals surface area contributed by atoms with Gasteiger partial charge in [-0.05, 0) is 25.0 Å². The molecular formula is C17H25N3O2. The van der Waals surface area contributed by atoms with E-state index in [0.717, 1.165) is 39.1 Å². The van der Waals surface area contributed by atoms with Crippen molar-refractivity contribution in [1.29, 1.82) is 0 Å². The lowest BCUT2D eigenvalue weighted by Gasteiger charge is -2.48. The van der Waals surface area contributed by atoms with Gasteiger partial charge in [0.2, 0.25) is 0 Å². The van der Waals surface area contributed by atoms with Crippen LogP contribution in [0.5, 0.6) is 0 Å². The highest BCUT2D eigenvalue weighted by atomic mass is 16.5. The SMILES string of the molecule is O=C(NCC1(N2CCOCC2)CCCCC1)c1ccccn1. The number of morpholine rings is 1. The molecule has 2 aliphatic rings. The van der Waals surface area contributed by atoms with Gasteiger partial charge in [0, 0.05) is 31.4 Å². The number of nitrogens with zero attached hydrogens (tertiary/aromatic N) is 2. The predicted molar refractivity (Wildman–Crippen MR) is 84.8 cm³/mol. The molecule has 1 aromatic heterocycles. The van der Waals surface area contributed by atoms with E-state index in [9.17, 15) is 4.79 Å².